The molecule has 0 saturated carbocycles. The van der Waals surface area contributed by atoms with E-state index in [1.807, 2.05) is 6.07 Å². The van der Waals surface area contributed by atoms with E-state index in [0.717, 1.165) is 14.4 Å². The lowest BCUT2D eigenvalue weighted by Crippen LogP contribution is -2.22. The van der Waals surface area contributed by atoms with Crippen LogP contribution in [0.1, 0.15) is 19.4 Å². The number of thioether (sulfide) groups is 2. The molecule has 9 heteroatoms. The lowest BCUT2D eigenvalue weighted by Gasteiger charge is -2.10. The molecule has 23 heavy (non-hydrogen) atoms. The number of nitrogens with zero attached hydrogens (tertiary/aromatic N) is 3. The predicted molar refractivity (Wildman–Crippen MR) is 96.4 cm³/mol. The summed E-state index contributed by atoms with van der Waals surface area (Å²) in [4.78, 5) is 12.2. The van der Waals surface area contributed by atoms with Crippen LogP contribution >= 0.6 is 46.5 Å². The zero-order chi connectivity index (χ0) is 16.8. The minimum absolute atomic E-state index is 0.157. The summed E-state index contributed by atoms with van der Waals surface area (Å²) in [7, 11) is 0. The molecule has 1 amide bonds. The molecule has 1 aromatic carbocycles. The zero-order valence-corrected chi connectivity index (χ0v) is 15.6. The van der Waals surface area contributed by atoms with Crippen molar-refractivity contribution in [3.05, 3.63) is 28.8 Å². The highest BCUT2D eigenvalue weighted by Gasteiger charge is 2.17. The molecule has 1 aromatic heterocycles. The normalized spacial score (nSPS) is 11.7. The molecule has 0 spiro atoms. The number of benzene rings is 1. The van der Waals surface area contributed by atoms with Gasteiger partial charge in [0.1, 0.15) is 6.07 Å². The van der Waals surface area contributed by atoms with Crippen molar-refractivity contribution in [2.45, 2.75) is 27.8 Å². The zero-order valence-electron chi connectivity index (χ0n) is 12.4. The van der Waals surface area contributed by atoms with Crippen LogP contribution < -0.4 is 5.32 Å². The van der Waals surface area contributed by atoms with Gasteiger partial charge < -0.3 is 5.32 Å². The van der Waals surface area contributed by atoms with Gasteiger partial charge in [-0.15, -0.1) is 10.2 Å². The van der Waals surface area contributed by atoms with Crippen molar-refractivity contribution in [3.8, 4) is 6.07 Å². The highest BCUT2D eigenvalue weighted by atomic mass is 35.5. The van der Waals surface area contributed by atoms with Crippen molar-refractivity contribution in [1.82, 2.24) is 10.2 Å². The first-order chi connectivity index (χ1) is 11.0. The number of rotatable bonds is 6. The second-order valence-electron chi connectivity index (χ2n) is 4.32. The summed E-state index contributed by atoms with van der Waals surface area (Å²) < 4.78 is 1.67. The van der Waals surface area contributed by atoms with Gasteiger partial charge in [-0.05, 0) is 30.9 Å². The van der Waals surface area contributed by atoms with Crippen molar-refractivity contribution in [2.24, 2.45) is 0 Å². The summed E-state index contributed by atoms with van der Waals surface area (Å²) in [5.74, 6) is 0.782. The van der Waals surface area contributed by atoms with E-state index < -0.39 is 0 Å². The van der Waals surface area contributed by atoms with Crippen LogP contribution in [0.15, 0.2) is 26.9 Å². The van der Waals surface area contributed by atoms with Crippen LogP contribution in [0.3, 0.4) is 0 Å². The summed E-state index contributed by atoms with van der Waals surface area (Å²) in [6.07, 6.45) is 0. The molecule has 1 unspecified atom stereocenters. The smallest absolute Gasteiger partial charge is 0.237 e. The summed E-state index contributed by atoms with van der Waals surface area (Å²) in [5.41, 5.74) is 0.938. The lowest BCUT2D eigenvalue weighted by molar-refractivity contribution is -0.115. The number of carbonyl (C=O) groups excluding carboxylic acids is 1. The monoisotopic (exact) mass is 384 g/mol. The Bertz CT molecular complexity index is 744. The maximum absolute atomic E-state index is 12.2. The highest BCUT2D eigenvalue weighted by molar-refractivity contribution is 8.03. The van der Waals surface area contributed by atoms with Crippen molar-refractivity contribution in [3.63, 3.8) is 0 Å². The molecule has 120 valence electrons. The molecule has 2 rings (SSSR count). The number of halogens is 1. The summed E-state index contributed by atoms with van der Waals surface area (Å²) in [6.45, 7) is 3.86. The number of nitriles is 1. The number of aromatic nitrogens is 2. The number of hydrogen-bond acceptors (Lipinski definition) is 7. The first-order valence-electron chi connectivity index (χ1n) is 6.67. The fraction of sp³-hybridized carbons (Fsp3) is 0.286. The first kappa shape index (κ1) is 18.1. The quantitative estimate of drug-likeness (QED) is 0.748. The third-order valence-corrected chi connectivity index (χ3v) is 6.10. The molecule has 5 nitrogen and oxygen atoms in total. The third-order valence-electron chi connectivity index (χ3n) is 2.66. The maximum atomic E-state index is 12.2. The summed E-state index contributed by atoms with van der Waals surface area (Å²) in [5, 5.41) is 19.8. The van der Waals surface area contributed by atoms with Crippen molar-refractivity contribution < 1.29 is 4.79 Å². The Morgan fingerprint density at radius 1 is 1.48 bits per heavy atom. The van der Waals surface area contributed by atoms with Gasteiger partial charge in [0.25, 0.3) is 0 Å². The van der Waals surface area contributed by atoms with Crippen molar-refractivity contribution in [2.75, 3.05) is 11.1 Å². The molecular weight excluding hydrogens is 372 g/mol. The van der Waals surface area contributed by atoms with Gasteiger partial charge in [-0.2, -0.15) is 5.26 Å². The summed E-state index contributed by atoms with van der Waals surface area (Å²) >= 11 is 10.4. The van der Waals surface area contributed by atoms with Crippen molar-refractivity contribution in [1.29, 1.82) is 5.26 Å². The van der Waals surface area contributed by atoms with Crippen LogP contribution in [0.2, 0.25) is 5.02 Å². The highest BCUT2D eigenvalue weighted by Crippen LogP contribution is 2.31. The van der Waals surface area contributed by atoms with Crippen LogP contribution in [-0.2, 0) is 4.79 Å². The molecule has 1 N–H and O–H groups in total. The van der Waals surface area contributed by atoms with Gasteiger partial charge in [0.2, 0.25) is 5.91 Å². The van der Waals surface area contributed by atoms with Crippen LogP contribution in [0.4, 0.5) is 5.69 Å². The van der Waals surface area contributed by atoms with Crippen LogP contribution in [-0.4, -0.2) is 27.1 Å². The average Bonchev–Trinajstić information content (AvgIpc) is 2.95. The standard InChI is InChI=1S/C14H13ClN4OS3/c1-3-21-13-18-19-14(23-13)22-8(2)12(20)17-10-5-4-9(7-16)11(15)6-10/h4-6,8H,3H2,1-2H3,(H,17,20). The van der Waals surface area contributed by atoms with E-state index in [1.165, 1.54) is 23.1 Å². The van der Waals surface area contributed by atoms with Crippen LogP contribution in [0.25, 0.3) is 0 Å². The maximum Gasteiger partial charge on any atom is 0.237 e. The Morgan fingerprint density at radius 3 is 2.87 bits per heavy atom. The van der Waals surface area contributed by atoms with Gasteiger partial charge in [0.05, 0.1) is 15.8 Å². The molecular formula is C14H13ClN4OS3. The van der Waals surface area contributed by atoms with Gasteiger partial charge in [-0.3, -0.25) is 4.79 Å². The summed E-state index contributed by atoms with van der Waals surface area (Å²) in [6, 6.07) is 6.78. The van der Waals surface area contributed by atoms with E-state index in [2.05, 4.69) is 22.4 Å². The molecule has 0 aliphatic heterocycles. The van der Waals surface area contributed by atoms with E-state index in [4.69, 9.17) is 16.9 Å². The van der Waals surface area contributed by atoms with E-state index in [1.54, 1.807) is 36.9 Å². The van der Waals surface area contributed by atoms with E-state index in [9.17, 15) is 4.79 Å². The average molecular weight is 385 g/mol. The molecule has 0 saturated heterocycles. The number of carbonyl (C=O) groups is 1. The van der Waals surface area contributed by atoms with Gasteiger partial charge >= 0.3 is 0 Å². The topological polar surface area (TPSA) is 78.7 Å². The van der Waals surface area contributed by atoms with Crippen LogP contribution in [0.5, 0.6) is 0 Å². The van der Waals surface area contributed by atoms with Gasteiger partial charge in [-0.1, -0.05) is 53.4 Å². The second-order valence-corrected chi connectivity index (χ2v) is 8.81. The second kappa shape index (κ2) is 8.55. The van der Waals surface area contributed by atoms with E-state index in [-0.39, 0.29) is 11.2 Å². The number of amides is 1. The lowest BCUT2D eigenvalue weighted by atomic mass is 10.2. The first-order valence-corrected chi connectivity index (χ1v) is 9.73. The fourth-order valence-corrected chi connectivity index (χ4v) is 4.84. The Hall–Kier alpha value is -1.27. The number of hydrogen-bond donors (Lipinski definition) is 1. The van der Waals surface area contributed by atoms with E-state index >= 15 is 0 Å². The fourth-order valence-electron chi connectivity index (χ4n) is 1.56. The Kier molecular flexibility index (Phi) is 6.72. The molecule has 0 aliphatic carbocycles. The minimum Gasteiger partial charge on any atom is -0.325 e. The molecule has 2 aromatic rings. The predicted octanol–water partition coefficient (Wildman–Crippen LogP) is 4.29. The van der Waals surface area contributed by atoms with E-state index in [0.29, 0.717) is 16.3 Å². The molecule has 1 heterocycles. The Balaban J connectivity index is 1.96. The van der Waals surface area contributed by atoms with Crippen molar-refractivity contribution >= 4 is 58.1 Å². The Labute approximate surface area is 151 Å². The van der Waals surface area contributed by atoms with Crippen LogP contribution in [0, 0.1) is 11.3 Å². The molecule has 0 aliphatic rings. The molecule has 0 radical (unpaired) electrons. The largest absolute Gasteiger partial charge is 0.325 e. The SMILES string of the molecule is CCSc1nnc(SC(C)C(=O)Nc2ccc(C#N)c(Cl)c2)s1. The van der Waals surface area contributed by atoms with Gasteiger partial charge in [-0.25, -0.2) is 0 Å². The minimum atomic E-state index is -0.322. The third kappa shape index (κ3) is 5.11. The van der Waals surface area contributed by atoms with Gasteiger partial charge in [0, 0.05) is 5.69 Å². The number of nitrogens with one attached hydrogen (secondary N) is 1. The molecule has 1 atom stereocenters. The van der Waals surface area contributed by atoms with Gasteiger partial charge in [0.15, 0.2) is 8.68 Å². The molecule has 0 bridgehead atoms. The Morgan fingerprint density at radius 2 is 2.22 bits per heavy atom. The number of anilines is 1. The molecule has 0 fully saturated rings.